The highest BCUT2D eigenvalue weighted by atomic mass is 32.2. The van der Waals surface area contributed by atoms with Crippen molar-refractivity contribution >= 4 is 44.1 Å². The standard InChI is InChI=1S/C18H23N5O5S2/c1-3-28-18(25)16-17(29-21-20-16)19-15(24)12-30(26,27)23-9-7-22(8-10-23)14-6-4-5-13(2)11-14/h4-6,11H,3,7-10,12H2,1-2H3,(H,19,24). The highest BCUT2D eigenvalue weighted by Gasteiger charge is 2.30. The lowest BCUT2D eigenvalue weighted by atomic mass is 10.2. The summed E-state index contributed by atoms with van der Waals surface area (Å²) in [6.07, 6.45) is 0. The smallest absolute Gasteiger partial charge is 0.362 e. The van der Waals surface area contributed by atoms with Crippen LogP contribution in [-0.4, -0.2) is 72.7 Å². The van der Waals surface area contributed by atoms with E-state index in [4.69, 9.17) is 4.74 Å². The number of hydrogen-bond acceptors (Lipinski definition) is 9. The van der Waals surface area contributed by atoms with Crippen LogP contribution in [0, 0.1) is 6.92 Å². The van der Waals surface area contributed by atoms with Gasteiger partial charge in [0, 0.05) is 43.4 Å². The van der Waals surface area contributed by atoms with E-state index in [2.05, 4.69) is 25.9 Å². The van der Waals surface area contributed by atoms with Crippen molar-refractivity contribution in [3.05, 3.63) is 35.5 Å². The van der Waals surface area contributed by atoms with Crippen LogP contribution in [-0.2, 0) is 19.6 Å². The van der Waals surface area contributed by atoms with Crippen molar-refractivity contribution in [3.8, 4) is 0 Å². The first-order valence-corrected chi connectivity index (χ1v) is 11.8. The summed E-state index contributed by atoms with van der Waals surface area (Å²) in [6.45, 7) is 5.45. The number of carbonyl (C=O) groups excluding carboxylic acids is 2. The Labute approximate surface area is 179 Å². The van der Waals surface area contributed by atoms with Gasteiger partial charge in [-0.25, -0.2) is 13.2 Å². The number of ether oxygens (including phenoxy) is 1. The Kier molecular flexibility index (Phi) is 7.00. The molecular formula is C18H23N5O5S2. The first kappa shape index (κ1) is 22.1. The number of benzene rings is 1. The van der Waals surface area contributed by atoms with E-state index in [0.717, 1.165) is 22.8 Å². The van der Waals surface area contributed by atoms with Crippen molar-refractivity contribution in [2.75, 3.05) is 48.8 Å². The van der Waals surface area contributed by atoms with Gasteiger partial charge >= 0.3 is 5.97 Å². The van der Waals surface area contributed by atoms with E-state index in [0.29, 0.717) is 26.2 Å². The molecule has 1 N–H and O–H groups in total. The molecule has 1 aliphatic rings. The summed E-state index contributed by atoms with van der Waals surface area (Å²) in [4.78, 5) is 26.2. The number of sulfonamides is 1. The average Bonchev–Trinajstić information content (AvgIpc) is 3.16. The quantitative estimate of drug-likeness (QED) is 0.619. The van der Waals surface area contributed by atoms with Crippen molar-refractivity contribution in [2.24, 2.45) is 0 Å². The van der Waals surface area contributed by atoms with Crippen LogP contribution in [0.2, 0.25) is 0 Å². The minimum absolute atomic E-state index is 0.0675. The third-order valence-corrected chi connectivity index (χ3v) is 6.94. The second-order valence-corrected chi connectivity index (χ2v) is 9.42. The van der Waals surface area contributed by atoms with Gasteiger partial charge < -0.3 is 15.0 Å². The molecular weight excluding hydrogens is 430 g/mol. The molecule has 1 saturated heterocycles. The van der Waals surface area contributed by atoms with Gasteiger partial charge in [-0.05, 0) is 31.5 Å². The molecule has 0 saturated carbocycles. The van der Waals surface area contributed by atoms with Crippen molar-refractivity contribution in [1.29, 1.82) is 0 Å². The fourth-order valence-corrected chi connectivity index (χ4v) is 4.95. The van der Waals surface area contributed by atoms with E-state index in [-0.39, 0.29) is 17.3 Å². The van der Waals surface area contributed by atoms with Gasteiger partial charge in [0.1, 0.15) is 5.75 Å². The Morgan fingerprint density at radius 2 is 1.97 bits per heavy atom. The van der Waals surface area contributed by atoms with Crippen molar-refractivity contribution in [1.82, 2.24) is 13.9 Å². The summed E-state index contributed by atoms with van der Waals surface area (Å²) in [7, 11) is -3.80. The summed E-state index contributed by atoms with van der Waals surface area (Å²) >= 11 is 0.784. The zero-order chi connectivity index (χ0) is 21.7. The topological polar surface area (TPSA) is 122 Å². The molecule has 1 aromatic heterocycles. The summed E-state index contributed by atoms with van der Waals surface area (Å²) in [5.74, 6) is -2.21. The van der Waals surface area contributed by atoms with E-state index >= 15 is 0 Å². The Morgan fingerprint density at radius 3 is 2.63 bits per heavy atom. The second-order valence-electron chi connectivity index (χ2n) is 6.70. The molecule has 0 atom stereocenters. The predicted molar refractivity (Wildman–Crippen MR) is 113 cm³/mol. The number of aryl methyl sites for hydroxylation is 1. The minimum Gasteiger partial charge on any atom is -0.461 e. The van der Waals surface area contributed by atoms with Gasteiger partial charge in [-0.1, -0.05) is 16.6 Å². The van der Waals surface area contributed by atoms with Gasteiger partial charge in [-0.2, -0.15) is 4.31 Å². The number of hydrogen-bond donors (Lipinski definition) is 1. The Balaban J connectivity index is 1.57. The van der Waals surface area contributed by atoms with Gasteiger partial charge in [0.15, 0.2) is 5.00 Å². The second kappa shape index (κ2) is 9.49. The summed E-state index contributed by atoms with van der Waals surface area (Å²) in [5.41, 5.74) is 2.05. The molecule has 3 rings (SSSR count). The van der Waals surface area contributed by atoms with Gasteiger partial charge in [0.05, 0.1) is 6.61 Å². The minimum atomic E-state index is -3.80. The number of aromatic nitrogens is 2. The highest BCUT2D eigenvalue weighted by Crippen LogP contribution is 2.21. The number of esters is 1. The lowest BCUT2D eigenvalue weighted by molar-refractivity contribution is -0.113. The molecule has 1 aliphatic heterocycles. The molecule has 0 spiro atoms. The predicted octanol–water partition coefficient (Wildman–Crippen LogP) is 1.11. The van der Waals surface area contributed by atoms with E-state index in [1.54, 1.807) is 6.92 Å². The van der Waals surface area contributed by atoms with Crippen molar-refractivity contribution in [2.45, 2.75) is 13.8 Å². The van der Waals surface area contributed by atoms with Crippen LogP contribution in [0.5, 0.6) is 0 Å². The lowest BCUT2D eigenvalue weighted by Gasteiger charge is -2.35. The third kappa shape index (κ3) is 5.32. The molecule has 0 bridgehead atoms. The Morgan fingerprint density at radius 1 is 1.23 bits per heavy atom. The van der Waals surface area contributed by atoms with Gasteiger partial charge in [-0.3, -0.25) is 4.79 Å². The molecule has 0 aliphatic carbocycles. The van der Waals surface area contributed by atoms with E-state index in [9.17, 15) is 18.0 Å². The highest BCUT2D eigenvalue weighted by molar-refractivity contribution is 7.89. The fourth-order valence-electron chi connectivity index (χ4n) is 3.07. The molecule has 30 heavy (non-hydrogen) atoms. The van der Waals surface area contributed by atoms with Crippen LogP contribution >= 0.6 is 11.5 Å². The Bertz CT molecular complexity index is 1020. The van der Waals surface area contributed by atoms with Gasteiger partial charge in [0.25, 0.3) is 0 Å². The fraction of sp³-hybridized carbons (Fsp3) is 0.444. The SMILES string of the molecule is CCOC(=O)c1nnsc1NC(=O)CS(=O)(=O)N1CCN(c2cccc(C)c2)CC1. The van der Waals surface area contributed by atoms with Crippen LogP contribution in [0.15, 0.2) is 24.3 Å². The zero-order valence-electron chi connectivity index (χ0n) is 16.7. The third-order valence-electron chi connectivity index (χ3n) is 4.52. The largest absolute Gasteiger partial charge is 0.461 e. The maximum Gasteiger partial charge on any atom is 0.362 e. The molecule has 2 aromatic rings. The molecule has 0 unspecified atom stereocenters. The number of nitrogens with zero attached hydrogens (tertiary/aromatic N) is 4. The number of anilines is 2. The zero-order valence-corrected chi connectivity index (χ0v) is 18.3. The molecule has 1 aromatic carbocycles. The number of carbonyl (C=O) groups is 2. The van der Waals surface area contributed by atoms with Crippen molar-refractivity contribution < 1.29 is 22.7 Å². The summed E-state index contributed by atoms with van der Waals surface area (Å²) in [6, 6.07) is 8.03. The first-order chi connectivity index (χ1) is 14.3. The molecule has 0 radical (unpaired) electrons. The van der Waals surface area contributed by atoms with Crippen LogP contribution in [0.25, 0.3) is 0 Å². The normalized spacial score (nSPS) is 15.1. The number of rotatable bonds is 7. The molecule has 1 fully saturated rings. The molecule has 2 heterocycles. The van der Waals surface area contributed by atoms with Crippen LogP contribution in [0.4, 0.5) is 10.7 Å². The molecule has 162 valence electrons. The summed E-state index contributed by atoms with van der Waals surface area (Å²) < 4.78 is 35.1. The van der Waals surface area contributed by atoms with E-state index < -0.39 is 27.7 Å². The maximum atomic E-state index is 12.7. The number of piperazine rings is 1. The number of amides is 1. The van der Waals surface area contributed by atoms with Gasteiger partial charge in [0.2, 0.25) is 21.6 Å². The maximum absolute atomic E-state index is 12.7. The van der Waals surface area contributed by atoms with Gasteiger partial charge in [-0.15, -0.1) is 5.10 Å². The van der Waals surface area contributed by atoms with E-state index in [1.807, 2.05) is 25.1 Å². The first-order valence-electron chi connectivity index (χ1n) is 9.39. The van der Waals surface area contributed by atoms with Crippen LogP contribution in [0.1, 0.15) is 23.0 Å². The summed E-state index contributed by atoms with van der Waals surface area (Å²) in [5, 5.41) is 6.10. The van der Waals surface area contributed by atoms with Crippen molar-refractivity contribution in [3.63, 3.8) is 0 Å². The Hall–Kier alpha value is -2.57. The number of nitrogens with one attached hydrogen (secondary N) is 1. The lowest BCUT2D eigenvalue weighted by Crippen LogP contribution is -2.50. The molecule has 1 amide bonds. The monoisotopic (exact) mass is 453 g/mol. The van der Waals surface area contributed by atoms with Crippen LogP contribution < -0.4 is 10.2 Å². The van der Waals surface area contributed by atoms with Crippen LogP contribution in [0.3, 0.4) is 0 Å². The van der Waals surface area contributed by atoms with E-state index in [1.165, 1.54) is 4.31 Å². The molecule has 12 heteroatoms. The average molecular weight is 454 g/mol. The molecule has 10 nitrogen and oxygen atoms in total.